The second kappa shape index (κ2) is 13.8. The Balaban J connectivity index is 2.08. The van der Waals surface area contributed by atoms with E-state index in [2.05, 4.69) is 0 Å². The average molecular weight is 547 g/mol. The lowest BCUT2D eigenvalue weighted by Gasteiger charge is -2.29. The monoisotopic (exact) mass is 546 g/mol. The molecule has 3 rings (SSSR count). The number of nitrogens with two attached hydrogens (primary N) is 2. The normalized spacial score (nSPS) is 11.3. The van der Waals surface area contributed by atoms with Crippen molar-refractivity contribution in [2.45, 2.75) is 38.5 Å². The van der Waals surface area contributed by atoms with E-state index in [1.54, 1.807) is 61.6 Å². The van der Waals surface area contributed by atoms with Crippen LogP contribution in [0.5, 0.6) is 5.75 Å². The molecule has 0 aliphatic carbocycles. The molecule has 10 heteroatoms. The number of hydrogen-bond acceptors (Lipinski definition) is 5. The van der Waals surface area contributed by atoms with Crippen molar-refractivity contribution in [3.05, 3.63) is 83.9 Å². The zero-order chi connectivity index (χ0) is 29.2. The molecule has 0 saturated carbocycles. The number of aliphatic carboxylic acids is 1. The van der Waals surface area contributed by atoms with Crippen LogP contribution in [0.1, 0.15) is 43.2 Å². The van der Waals surface area contributed by atoms with Crippen LogP contribution in [-0.4, -0.2) is 42.6 Å². The predicted octanol–water partition coefficient (Wildman–Crippen LogP) is 4.33. The summed E-state index contributed by atoms with van der Waals surface area (Å²) in [4.78, 5) is 52.6. The number of nitrogens with zero attached hydrogens (tertiary/aromatic N) is 2. The smallest absolute Gasteiger partial charge is 0.324 e. The summed E-state index contributed by atoms with van der Waals surface area (Å²) in [7, 11) is 1.63. The Hall–Kier alpha value is -4.86. The Bertz CT molecular complexity index is 1360. The van der Waals surface area contributed by atoms with Crippen LogP contribution in [-0.2, 0) is 20.8 Å². The molecule has 3 aromatic carbocycles. The molecule has 4 amide bonds. The second-order valence-corrected chi connectivity index (χ2v) is 9.24. The Morgan fingerprint density at radius 2 is 1.60 bits per heavy atom. The van der Waals surface area contributed by atoms with Crippen molar-refractivity contribution in [1.82, 2.24) is 0 Å². The fourth-order valence-electron chi connectivity index (χ4n) is 4.41. The van der Waals surface area contributed by atoms with Gasteiger partial charge in [0.15, 0.2) is 6.61 Å². The van der Waals surface area contributed by atoms with Gasteiger partial charge in [0.25, 0.3) is 5.91 Å². The Kier molecular flexibility index (Phi) is 10.2. The third-order valence-corrected chi connectivity index (χ3v) is 6.45. The van der Waals surface area contributed by atoms with Crippen molar-refractivity contribution in [3.63, 3.8) is 0 Å². The standard InChI is InChI=1S/C30H34N4O6/c1-3-4-11-20-12-10-15-22(23(29(37)38)18-26(31)35)28(20)34(30(32)39)24-16-8-9-17-25(24)40-19-27(36)33(2)21-13-6-5-7-14-21/h5-10,12-17,23H,3-4,11,18-19H2,1-2H3,(H2,31,35)(H2,32,39)(H,37,38). The van der Waals surface area contributed by atoms with Crippen molar-refractivity contribution >= 4 is 40.9 Å². The number of unbranched alkanes of at least 4 members (excludes halogenated alkanes) is 1. The van der Waals surface area contributed by atoms with Gasteiger partial charge in [-0.1, -0.05) is 61.9 Å². The summed E-state index contributed by atoms with van der Waals surface area (Å²) in [5.41, 5.74) is 13.3. The zero-order valence-electron chi connectivity index (χ0n) is 22.6. The topological polar surface area (TPSA) is 156 Å². The quantitative estimate of drug-likeness (QED) is 0.290. The highest BCUT2D eigenvalue weighted by Crippen LogP contribution is 2.41. The number of likely N-dealkylation sites (N-methyl/N-ethyl adjacent to an activating group) is 1. The largest absolute Gasteiger partial charge is 0.482 e. The zero-order valence-corrected chi connectivity index (χ0v) is 22.6. The maximum absolute atomic E-state index is 13.1. The van der Waals surface area contributed by atoms with Gasteiger partial charge in [0.1, 0.15) is 5.75 Å². The van der Waals surface area contributed by atoms with E-state index in [0.29, 0.717) is 17.7 Å². The number of anilines is 3. The van der Waals surface area contributed by atoms with Gasteiger partial charge in [-0.3, -0.25) is 19.3 Å². The van der Waals surface area contributed by atoms with Crippen LogP contribution in [0, 0.1) is 0 Å². The minimum Gasteiger partial charge on any atom is -0.482 e. The molecule has 0 saturated heterocycles. The van der Waals surface area contributed by atoms with Gasteiger partial charge in [-0.25, -0.2) is 4.79 Å². The molecule has 0 aromatic heterocycles. The highest BCUT2D eigenvalue weighted by Gasteiger charge is 2.31. The maximum atomic E-state index is 13.1. The van der Waals surface area contributed by atoms with Gasteiger partial charge in [0.2, 0.25) is 5.91 Å². The number of carboxylic acid groups (broad SMARTS) is 1. The molecule has 0 aliphatic heterocycles. The molecule has 0 radical (unpaired) electrons. The van der Waals surface area contributed by atoms with Gasteiger partial charge in [-0.15, -0.1) is 0 Å². The summed E-state index contributed by atoms with van der Waals surface area (Å²) >= 11 is 0. The third-order valence-electron chi connectivity index (χ3n) is 6.45. The first kappa shape index (κ1) is 29.7. The first-order valence-electron chi connectivity index (χ1n) is 12.9. The number of hydrogen-bond donors (Lipinski definition) is 3. The van der Waals surface area contributed by atoms with Crippen molar-refractivity contribution in [3.8, 4) is 5.75 Å². The number of carbonyl (C=O) groups excluding carboxylic acids is 3. The van der Waals surface area contributed by atoms with Crippen LogP contribution in [0.4, 0.5) is 21.9 Å². The molecule has 5 N–H and O–H groups in total. The summed E-state index contributed by atoms with van der Waals surface area (Å²) in [6.45, 7) is 1.67. The first-order valence-corrected chi connectivity index (χ1v) is 12.9. The molecule has 10 nitrogen and oxygen atoms in total. The number of rotatable bonds is 13. The molecule has 0 spiro atoms. The van der Waals surface area contributed by atoms with Crippen LogP contribution in [0.25, 0.3) is 0 Å². The number of primary amides is 2. The van der Waals surface area contributed by atoms with E-state index in [0.717, 1.165) is 12.8 Å². The number of amides is 4. The van der Waals surface area contributed by atoms with Gasteiger partial charge in [0, 0.05) is 19.2 Å². The summed E-state index contributed by atoms with van der Waals surface area (Å²) in [5.74, 6) is -3.52. The SMILES string of the molecule is CCCCc1cccc(C(CC(N)=O)C(=O)O)c1N(C(N)=O)c1ccccc1OCC(=O)N(C)c1ccccc1. The second-order valence-electron chi connectivity index (χ2n) is 9.24. The predicted molar refractivity (Wildman–Crippen MR) is 153 cm³/mol. The summed E-state index contributed by atoms with van der Waals surface area (Å²) in [5, 5.41) is 9.99. The number of carbonyl (C=O) groups is 4. The van der Waals surface area contributed by atoms with E-state index in [1.165, 1.54) is 9.80 Å². The molecule has 40 heavy (non-hydrogen) atoms. The highest BCUT2D eigenvalue weighted by molar-refractivity contribution is 6.03. The van der Waals surface area contributed by atoms with Gasteiger partial charge >= 0.3 is 12.0 Å². The van der Waals surface area contributed by atoms with E-state index < -0.39 is 30.2 Å². The average Bonchev–Trinajstić information content (AvgIpc) is 2.94. The third kappa shape index (κ3) is 7.16. The lowest BCUT2D eigenvalue weighted by molar-refractivity contribution is -0.140. The van der Waals surface area contributed by atoms with Crippen LogP contribution in [0.15, 0.2) is 72.8 Å². The van der Waals surface area contributed by atoms with Crippen molar-refractivity contribution in [2.75, 3.05) is 23.5 Å². The van der Waals surface area contributed by atoms with E-state index in [1.807, 2.05) is 25.1 Å². The van der Waals surface area contributed by atoms with Crippen molar-refractivity contribution in [1.29, 1.82) is 0 Å². The molecule has 3 aromatic rings. The van der Waals surface area contributed by atoms with E-state index in [9.17, 15) is 24.3 Å². The van der Waals surface area contributed by atoms with Crippen LogP contribution >= 0.6 is 0 Å². The van der Waals surface area contributed by atoms with E-state index in [-0.39, 0.29) is 35.2 Å². The molecule has 0 fully saturated rings. The molecule has 0 bridgehead atoms. The number of ether oxygens (including phenoxy) is 1. The lowest BCUT2D eigenvalue weighted by atomic mass is 9.89. The fourth-order valence-corrected chi connectivity index (χ4v) is 4.41. The lowest BCUT2D eigenvalue weighted by Crippen LogP contribution is -2.35. The molecule has 1 atom stereocenters. The minimum absolute atomic E-state index is 0.189. The Labute approximate surface area is 233 Å². The van der Waals surface area contributed by atoms with Gasteiger partial charge in [-0.05, 0) is 48.2 Å². The Morgan fingerprint density at radius 1 is 0.925 bits per heavy atom. The summed E-state index contributed by atoms with van der Waals surface area (Å²) < 4.78 is 5.90. The van der Waals surface area contributed by atoms with Crippen molar-refractivity contribution in [2.24, 2.45) is 11.5 Å². The highest BCUT2D eigenvalue weighted by atomic mass is 16.5. The summed E-state index contributed by atoms with van der Waals surface area (Å²) in [6.07, 6.45) is 1.66. The molecular formula is C30H34N4O6. The number of aryl methyl sites for hydroxylation is 1. The van der Waals surface area contributed by atoms with Crippen LogP contribution < -0.4 is 26.0 Å². The molecule has 1 unspecified atom stereocenters. The van der Waals surface area contributed by atoms with Crippen molar-refractivity contribution < 1.29 is 29.0 Å². The molecule has 0 heterocycles. The molecule has 210 valence electrons. The number of urea groups is 1. The Morgan fingerprint density at radius 3 is 2.23 bits per heavy atom. The van der Waals surface area contributed by atoms with Gasteiger partial charge in [0.05, 0.1) is 17.3 Å². The molecular weight excluding hydrogens is 512 g/mol. The first-order chi connectivity index (χ1) is 19.1. The van der Waals surface area contributed by atoms with E-state index >= 15 is 0 Å². The number of benzene rings is 3. The maximum Gasteiger partial charge on any atom is 0.324 e. The fraction of sp³-hybridized carbons (Fsp3) is 0.267. The van der Waals surface area contributed by atoms with Crippen LogP contribution in [0.2, 0.25) is 0 Å². The number of para-hydroxylation sites is 4. The molecule has 0 aliphatic rings. The minimum atomic E-state index is -1.31. The van der Waals surface area contributed by atoms with E-state index in [4.69, 9.17) is 16.2 Å². The van der Waals surface area contributed by atoms with Gasteiger partial charge in [-0.2, -0.15) is 0 Å². The number of carboxylic acids is 1. The van der Waals surface area contributed by atoms with Crippen LogP contribution in [0.3, 0.4) is 0 Å². The summed E-state index contributed by atoms with van der Waals surface area (Å²) in [6, 6.07) is 19.7. The van der Waals surface area contributed by atoms with Gasteiger partial charge < -0.3 is 26.2 Å².